The second-order valence-corrected chi connectivity index (χ2v) is 6.26. The summed E-state index contributed by atoms with van der Waals surface area (Å²) < 4.78 is 5.68. The van der Waals surface area contributed by atoms with Crippen LogP contribution in [0.5, 0.6) is 0 Å². The fraction of sp³-hybridized carbons (Fsp3) is 0.294. The Labute approximate surface area is 143 Å². The summed E-state index contributed by atoms with van der Waals surface area (Å²) in [6.45, 7) is 3.98. The minimum Gasteiger partial charge on any atom is -0.439 e. The lowest BCUT2D eigenvalue weighted by Gasteiger charge is -2.05. The van der Waals surface area contributed by atoms with Gasteiger partial charge in [0.25, 0.3) is 5.56 Å². The zero-order chi connectivity index (χ0) is 16.6. The van der Waals surface area contributed by atoms with Gasteiger partial charge < -0.3 is 9.40 Å². The van der Waals surface area contributed by atoms with Crippen LogP contribution < -0.4 is 5.56 Å². The standard InChI is InChI=1S/C17H16Cl2N2O2/c1-3-10-8-11(17(22)20-9(10)2)4-7-14-21-15-12(18)5-6-13(19)16(15)23-14/h5-6,8H,3-4,7H2,1-2H3,(H,20,22). The van der Waals surface area contributed by atoms with Gasteiger partial charge in [-0.05, 0) is 43.5 Å². The number of hydrogen-bond acceptors (Lipinski definition) is 3. The number of nitrogens with one attached hydrogen (secondary N) is 1. The van der Waals surface area contributed by atoms with Gasteiger partial charge in [0.1, 0.15) is 5.52 Å². The largest absolute Gasteiger partial charge is 0.439 e. The van der Waals surface area contributed by atoms with Gasteiger partial charge in [-0.25, -0.2) is 4.98 Å². The van der Waals surface area contributed by atoms with E-state index in [1.807, 2.05) is 13.0 Å². The minimum atomic E-state index is -0.0631. The maximum absolute atomic E-state index is 12.1. The molecule has 0 fully saturated rings. The molecule has 120 valence electrons. The number of nitrogens with zero attached hydrogens (tertiary/aromatic N) is 1. The molecule has 0 aliphatic heterocycles. The zero-order valence-electron chi connectivity index (χ0n) is 12.9. The highest BCUT2D eigenvalue weighted by molar-refractivity contribution is 6.39. The summed E-state index contributed by atoms with van der Waals surface area (Å²) in [5.41, 5.74) is 3.77. The number of H-pyrrole nitrogens is 1. The van der Waals surface area contributed by atoms with Crippen LogP contribution >= 0.6 is 23.2 Å². The summed E-state index contributed by atoms with van der Waals surface area (Å²) in [4.78, 5) is 19.3. The molecule has 0 bridgehead atoms. The van der Waals surface area contributed by atoms with E-state index < -0.39 is 0 Å². The lowest BCUT2D eigenvalue weighted by atomic mass is 10.1. The molecular weight excluding hydrogens is 335 g/mol. The number of hydrogen-bond donors (Lipinski definition) is 1. The van der Waals surface area contributed by atoms with Crippen molar-refractivity contribution in [2.75, 3.05) is 0 Å². The second-order valence-electron chi connectivity index (χ2n) is 5.44. The molecule has 2 heterocycles. The molecule has 0 spiro atoms. The normalized spacial score (nSPS) is 11.3. The van der Waals surface area contributed by atoms with Crippen LogP contribution in [-0.2, 0) is 19.3 Å². The topological polar surface area (TPSA) is 58.9 Å². The molecule has 6 heteroatoms. The van der Waals surface area contributed by atoms with E-state index in [0.29, 0.717) is 39.9 Å². The molecule has 1 aromatic carbocycles. The maximum Gasteiger partial charge on any atom is 0.251 e. The van der Waals surface area contributed by atoms with E-state index in [2.05, 4.69) is 16.9 Å². The first-order valence-corrected chi connectivity index (χ1v) is 8.20. The van der Waals surface area contributed by atoms with E-state index in [1.54, 1.807) is 12.1 Å². The Morgan fingerprint density at radius 1 is 1.17 bits per heavy atom. The van der Waals surface area contributed by atoms with E-state index in [4.69, 9.17) is 27.6 Å². The average Bonchev–Trinajstić information content (AvgIpc) is 2.96. The number of rotatable bonds is 4. The quantitative estimate of drug-likeness (QED) is 0.754. The molecule has 0 aliphatic carbocycles. The minimum absolute atomic E-state index is 0.0631. The Hall–Kier alpha value is -1.78. The van der Waals surface area contributed by atoms with Crippen LogP contribution in [0.15, 0.2) is 27.4 Å². The summed E-state index contributed by atoms with van der Waals surface area (Å²) in [5, 5.41) is 0.977. The van der Waals surface area contributed by atoms with Crippen molar-refractivity contribution in [2.24, 2.45) is 0 Å². The summed E-state index contributed by atoms with van der Waals surface area (Å²) in [6, 6.07) is 5.33. The molecule has 0 saturated carbocycles. The predicted molar refractivity (Wildman–Crippen MR) is 92.6 cm³/mol. The van der Waals surface area contributed by atoms with Crippen LogP contribution in [-0.4, -0.2) is 9.97 Å². The molecule has 0 radical (unpaired) electrons. The fourth-order valence-corrected chi connectivity index (χ4v) is 2.99. The van der Waals surface area contributed by atoms with Gasteiger partial charge in [0.2, 0.25) is 0 Å². The number of aromatic nitrogens is 2. The molecule has 23 heavy (non-hydrogen) atoms. The molecule has 0 aliphatic rings. The van der Waals surface area contributed by atoms with Crippen LogP contribution in [0.3, 0.4) is 0 Å². The molecule has 2 aromatic heterocycles. The van der Waals surface area contributed by atoms with E-state index in [0.717, 1.165) is 23.2 Å². The molecule has 1 N–H and O–H groups in total. The number of aryl methyl sites for hydroxylation is 4. The van der Waals surface area contributed by atoms with Gasteiger partial charge in [-0.15, -0.1) is 0 Å². The third-order valence-electron chi connectivity index (χ3n) is 3.90. The molecule has 0 unspecified atom stereocenters. The first-order chi connectivity index (χ1) is 11.0. The SMILES string of the molecule is CCc1cc(CCc2nc3c(Cl)ccc(Cl)c3o2)c(=O)[nH]c1C. The first-order valence-electron chi connectivity index (χ1n) is 7.44. The van der Waals surface area contributed by atoms with Gasteiger partial charge in [0, 0.05) is 17.7 Å². The molecule has 0 amide bonds. The number of aromatic amines is 1. The van der Waals surface area contributed by atoms with Crippen molar-refractivity contribution in [1.29, 1.82) is 0 Å². The van der Waals surface area contributed by atoms with E-state index in [1.165, 1.54) is 0 Å². The van der Waals surface area contributed by atoms with Crippen molar-refractivity contribution < 1.29 is 4.42 Å². The number of halogens is 2. The van der Waals surface area contributed by atoms with Crippen molar-refractivity contribution >= 4 is 34.3 Å². The summed E-state index contributed by atoms with van der Waals surface area (Å²) in [7, 11) is 0. The molecule has 3 rings (SSSR count). The van der Waals surface area contributed by atoms with Crippen molar-refractivity contribution in [2.45, 2.75) is 33.1 Å². The number of benzene rings is 1. The molecule has 0 saturated heterocycles. The van der Waals surface area contributed by atoms with Gasteiger partial charge in [-0.2, -0.15) is 0 Å². The molecule has 3 aromatic rings. The monoisotopic (exact) mass is 350 g/mol. The Morgan fingerprint density at radius 3 is 2.61 bits per heavy atom. The van der Waals surface area contributed by atoms with Gasteiger partial charge in [0.15, 0.2) is 11.5 Å². The highest BCUT2D eigenvalue weighted by Crippen LogP contribution is 2.30. The molecular formula is C17H16Cl2N2O2. The Morgan fingerprint density at radius 2 is 1.91 bits per heavy atom. The Kier molecular flexibility index (Phi) is 4.46. The summed E-state index contributed by atoms with van der Waals surface area (Å²) in [5.74, 6) is 0.521. The van der Waals surface area contributed by atoms with Crippen LogP contribution in [0, 0.1) is 6.92 Å². The molecule has 0 atom stereocenters. The van der Waals surface area contributed by atoms with Gasteiger partial charge >= 0.3 is 0 Å². The van der Waals surface area contributed by atoms with E-state index in [9.17, 15) is 4.79 Å². The third-order valence-corrected chi connectivity index (χ3v) is 4.51. The maximum atomic E-state index is 12.1. The van der Waals surface area contributed by atoms with Crippen molar-refractivity contribution in [3.63, 3.8) is 0 Å². The highest BCUT2D eigenvalue weighted by atomic mass is 35.5. The highest BCUT2D eigenvalue weighted by Gasteiger charge is 2.13. The van der Waals surface area contributed by atoms with Gasteiger partial charge in [-0.3, -0.25) is 4.79 Å². The van der Waals surface area contributed by atoms with Crippen molar-refractivity contribution in [1.82, 2.24) is 9.97 Å². The lowest BCUT2D eigenvalue weighted by molar-refractivity contribution is 0.528. The third kappa shape index (κ3) is 3.14. The van der Waals surface area contributed by atoms with Gasteiger partial charge in [-0.1, -0.05) is 30.1 Å². The van der Waals surface area contributed by atoms with Crippen molar-refractivity contribution in [3.8, 4) is 0 Å². The summed E-state index contributed by atoms with van der Waals surface area (Å²) >= 11 is 12.2. The fourth-order valence-electron chi connectivity index (χ4n) is 2.61. The van der Waals surface area contributed by atoms with Crippen LogP contribution in [0.25, 0.3) is 11.1 Å². The van der Waals surface area contributed by atoms with Crippen LogP contribution in [0.2, 0.25) is 10.0 Å². The van der Waals surface area contributed by atoms with E-state index in [-0.39, 0.29) is 5.56 Å². The first kappa shape index (κ1) is 16.1. The van der Waals surface area contributed by atoms with Crippen LogP contribution in [0.4, 0.5) is 0 Å². The lowest BCUT2D eigenvalue weighted by Crippen LogP contribution is -2.16. The number of oxazole rings is 1. The summed E-state index contributed by atoms with van der Waals surface area (Å²) in [6.07, 6.45) is 1.94. The molecule has 4 nitrogen and oxygen atoms in total. The zero-order valence-corrected chi connectivity index (χ0v) is 14.4. The Bertz CT molecular complexity index is 889. The van der Waals surface area contributed by atoms with E-state index >= 15 is 0 Å². The van der Waals surface area contributed by atoms with Crippen LogP contribution in [0.1, 0.15) is 29.6 Å². The average molecular weight is 351 g/mol. The number of pyridine rings is 1. The number of fused-ring (bicyclic) bond motifs is 1. The Balaban J connectivity index is 1.88. The smallest absolute Gasteiger partial charge is 0.251 e. The van der Waals surface area contributed by atoms with Crippen molar-refractivity contribution in [3.05, 3.63) is 61.3 Å². The van der Waals surface area contributed by atoms with Gasteiger partial charge in [0.05, 0.1) is 10.0 Å². The predicted octanol–water partition coefficient (Wildman–Crippen LogP) is 4.48. The second kappa shape index (κ2) is 6.38.